The Morgan fingerprint density at radius 3 is 2.45 bits per heavy atom. The van der Waals surface area contributed by atoms with Gasteiger partial charge in [-0.1, -0.05) is 22.0 Å². The average molecular weight is 494 g/mol. The van der Waals surface area contributed by atoms with Gasteiger partial charge in [-0.05, 0) is 68.5 Å². The predicted molar refractivity (Wildman–Crippen MR) is 127 cm³/mol. The SMILES string of the molecule is Cc1cc([C@H]2[C@H](c3ccccn3)NC(=S)N2c2ccc(Br)cc2)c(C)n1-n1cnnc1. The molecule has 1 fully saturated rings. The zero-order valence-corrected chi connectivity index (χ0v) is 19.4. The normalized spacial score (nSPS) is 18.4. The van der Waals surface area contributed by atoms with Crippen molar-refractivity contribution in [3.8, 4) is 0 Å². The quantitative estimate of drug-likeness (QED) is 0.426. The van der Waals surface area contributed by atoms with Crippen LogP contribution in [0.1, 0.15) is 34.7 Å². The molecule has 0 radical (unpaired) electrons. The van der Waals surface area contributed by atoms with Crippen molar-refractivity contribution in [2.45, 2.75) is 25.9 Å². The molecule has 5 rings (SSSR count). The van der Waals surface area contributed by atoms with Crippen molar-refractivity contribution < 1.29 is 0 Å². The molecular weight excluding hydrogens is 474 g/mol. The summed E-state index contributed by atoms with van der Waals surface area (Å²) < 4.78 is 5.01. The van der Waals surface area contributed by atoms with E-state index in [0.717, 1.165) is 32.8 Å². The Morgan fingerprint density at radius 1 is 1.03 bits per heavy atom. The van der Waals surface area contributed by atoms with Crippen molar-refractivity contribution in [2.75, 3.05) is 4.90 Å². The van der Waals surface area contributed by atoms with Crippen LogP contribution in [-0.2, 0) is 0 Å². The Balaban J connectivity index is 1.68. The number of hydrogen-bond acceptors (Lipinski definition) is 4. The maximum atomic E-state index is 5.82. The first-order valence-electron chi connectivity index (χ1n) is 9.85. The number of anilines is 1. The molecule has 0 bridgehead atoms. The Kier molecular flexibility index (Phi) is 5.07. The van der Waals surface area contributed by atoms with Gasteiger partial charge in [-0.15, -0.1) is 10.2 Å². The van der Waals surface area contributed by atoms with Gasteiger partial charge in [0.25, 0.3) is 0 Å². The second-order valence-corrected chi connectivity index (χ2v) is 8.76. The van der Waals surface area contributed by atoms with Gasteiger partial charge in [-0.3, -0.25) is 9.66 Å². The molecule has 2 atom stereocenters. The van der Waals surface area contributed by atoms with Crippen LogP contribution in [0.3, 0.4) is 0 Å². The monoisotopic (exact) mass is 493 g/mol. The molecule has 0 saturated carbocycles. The van der Waals surface area contributed by atoms with Crippen LogP contribution < -0.4 is 10.2 Å². The molecule has 0 unspecified atom stereocenters. The lowest BCUT2D eigenvalue weighted by atomic mass is 9.96. The maximum Gasteiger partial charge on any atom is 0.174 e. The van der Waals surface area contributed by atoms with Gasteiger partial charge < -0.3 is 10.2 Å². The molecule has 0 aliphatic carbocycles. The van der Waals surface area contributed by atoms with Crippen molar-refractivity contribution in [3.63, 3.8) is 0 Å². The average Bonchev–Trinajstić information content (AvgIpc) is 3.47. The van der Waals surface area contributed by atoms with Crippen molar-refractivity contribution in [2.24, 2.45) is 0 Å². The molecule has 1 aliphatic rings. The van der Waals surface area contributed by atoms with Crippen LogP contribution in [0.4, 0.5) is 5.69 Å². The molecule has 1 aromatic carbocycles. The number of halogens is 1. The fraction of sp³-hybridized carbons (Fsp3) is 0.182. The lowest BCUT2D eigenvalue weighted by Crippen LogP contribution is -2.29. The van der Waals surface area contributed by atoms with Crippen molar-refractivity contribution in [1.29, 1.82) is 0 Å². The van der Waals surface area contributed by atoms with E-state index in [9.17, 15) is 0 Å². The third-order valence-electron chi connectivity index (χ3n) is 5.59. The molecule has 31 heavy (non-hydrogen) atoms. The van der Waals surface area contributed by atoms with Crippen LogP contribution >= 0.6 is 28.1 Å². The fourth-order valence-electron chi connectivity index (χ4n) is 4.28. The minimum absolute atomic E-state index is 0.0694. The molecule has 0 spiro atoms. The summed E-state index contributed by atoms with van der Waals surface area (Å²) >= 11 is 9.34. The lowest BCUT2D eigenvalue weighted by Gasteiger charge is -2.28. The smallest absolute Gasteiger partial charge is 0.174 e. The van der Waals surface area contributed by atoms with E-state index in [1.54, 1.807) is 12.7 Å². The van der Waals surface area contributed by atoms with Crippen LogP contribution in [0, 0.1) is 13.8 Å². The Bertz CT molecular complexity index is 1220. The van der Waals surface area contributed by atoms with E-state index in [2.05, 4.69) is 78.1 Å². The van der Waals surface area contributed by atoms with E-state index in [0.29, 0.717) is 5.11 Å². The highest BCUT2D eigenvalue weighted by Gasteiger charge is 2.42. The number of aromatic nitrogens is 5. The highest BCUT2D eigenvalue weighted by atomic mass is 79.9. The van der Waals surface area contributed by atoms with Gasteiger partial charge in [0.2, 0.25) is 0 Å². The molecule has 156 valence electrons. The summed E-state index contributed by atoms with van der Waals surface area (Å²) in [6.45, 7) is 4.19. The van der Waals surface area contributed by atoms with E-state index in [1.165, 1.54) is 0 Å². The van der Waals surface area contributed by atoms with Gasteiger partial charge in [-0.25, -0.2) is 4.68 Å². The highest BCUT2D eigenvalue weighted by Crippen LogP contribution is 2.43. The summed E-state index contributed by atoms with van der Waals surface area (Å²) in [4.78, 5) is 6.81. The molecular formula is C22H20BrN7S. The number of benzene rings is 1. The summed E-state index contributed by atoms with van der Waals surface area (Å²) in [6.07, 6.45) is 5.22. The van der Waals surface area contributed by atoms with Gasteiger partial charge in [0.15, 0.2) is 5.11 Å². The van der Waals surface area contributed by atoms with Gasteiger partial charge in [0, 0.05) is 33.3 Å². The number of rotatable bonds is 4. The minimum atomic E-state index is -0.0905. The molecule has 1 aliphatic heterocycles. The summed E-state index contributed by atoms with van der Waals surface area (Å²) in [7, 11) is 0. The number of nitrogens with zero attached hydrogens (tertiary/aromatic N) is 6. The van der Waals surface area contributed by atoms with Crippen molar-refractivity contribution >= 4 is 38.9 Å². The number of thiocarbonyl (C=S) groups is 1. The molecule has 4 aromatic rings. The summed E-state index contributed by atoms with van der Waals surface area (Å²) in [5.74, 6) is 0. The van der Waals surface area contributed by atoms with Gasteiger partial charge in [0.05, 0.1) is 17.8 Å². The standard InChI is InChI=1S/C22H20BrN7S/c1-14-11-18(15(2)30(14)28-12-25-26-13-28)21-20(19-5-3-4-10-24-19)27-22(31)29(21)17-8-6-16(23)7-9-17/h3-13,20-21H,1-2H3,(H,27,31)/t20-,21-/m0/s1. The Hall–Kier alpha value is -3.04. The molecule has 1 saturated heterocycles. The third-order valence-corrected chi connectivity index (χ3v) is 6.44. The number of nitrogens with one attached hydrogen (secondary N) is 1. The van der Waals surface area contributed by atoms with Gasteiger partial charge >= 0.3 is 0 Å². The number of pyridine rings is 1. The van der Waals surface area contributed by atoms with Gasteiger partial charge in [0.1, 0.15) is 12.7 Å². The van der Waals surface area contributed by atoms with Crippen molar-refractivity contribution in [3.05, 3.63) is 94.5 Å². The van der Waals surface area contributed by atoms with E-state index in [4.69, 9.17) is 12.2 Å². The Morgan fingerprint density at radius 2 is 1.77 bits per heavy atom. The summed E-state index contributed by atoms with van der Waals surface area (Å²) in [5, 5.41) is 12.1. The zero-order valence-electron chi connectivity index (χ0n) is 17.0. The number of hydrogen-bond donors (Lipinski definition) is 1. The molecule has 7 nitrogen and oxygen atoms in total. The predicted octanol–water partition coefficient (Wildman–Crippen LogP) is 4.34. The van der Waals surface area contributed by atoms with E-state index in [1.807, 2.05) is 41.2 Å². The topological polar surface area (TPSA) is 63.8 Å². The first kappa shape index (κ1) is 19.9. The largest absolute Gasteiger partial charge is 0.351 e. The molecule has 0 amide bonds. The van der Waals surface area contributed by atoms with Crippen LogP contribution in [0.2, 0.25) is 0 Å². The maximum absolute atomic E-state index is 5.82. The molecule has 1 N–H and O–H groups in total. The molecule has 9 heteroatoms. The third kappa shape index (κ3) is 3.43. The highest BCUT2D eigenvalue weighted by molar-refractivity contribution is 9.10. The van der Waals surface area contributed by atoms with Crippen LogP contribution in [0.5, 0.6) is 0 Å². The van der Waals surface area contributed by atoms with E-state index in [-0.39, 0.29) is 12.1 Å². The minimum Gasteiger partial charge on any atom is -0.351 e. The van der Waals surface area contributed by atoms with Gasteiger partial charge in [-0.2, -0.15) is 0 Å². The van der Waals surface area contributed by atoms with E-state index < -0.39 is 0 Å². The number of aryl methyl sites for hydroxylation is 1. The Labute approximate surface area is 193 Å². The second-order valence-electron chi connectivity index (χ2n) is 7.45. The molecule has 3 aromatic heterocycles. The van der Waals surface area contributed by atoms with Crippen LogP contribution in [0.25, 0.3) is 0 Å². The first-order chi connectivity index (χ1) is 15.0. The first-order valence-corrected chi connectivity index (χ1v) is 11.0. The lowest BCUT2D eigenvalue weighted by molar-refractivity contribution is 0.557. The van der Waals surface area contributed by atoms with Crippen molar-refractivity contribution in [1.82, 2.24) is 29.9 Å². The van der Waals surface area contributed by atoms with Crippen LogP contribution in [0.15, 0.2) is 71.9 Å². The van der Waals surface area contributed by atoms with Crippen LogP contribution in [-0.4, -0.2) is 29.6 Å². The van der Waals surface area contributed by atoms with E-state index >= 15 is 0 Å². The summed E-state index contributed by atoms with van der Waals surface area (Å²) in [6, 6.07) is 16.2. The fourth-order valence-corrected chi connectivity index (χ4v) is 4.89. The summed E-state index contributed by atoms with van der Waals surface area (Å²) in [5.41, 5.74) is 5.32. The second kappa shape index (κ2) is 7.90. The molecule has 4 heterocycles. The zero-order chi connectivity index (χ0) is 21.5.